The molecule has 0 aromatic heterocycles. The Balaban J connectivity index is 1.98. The maximum Gasteiger partial charge on any atom is 0.243 e. The van der Waals surface area contributed by atoms with Crippen LogP contribution in [-0.4, -0.2) is 18.4 Å². The minimum Gasteiger partial charge on any atom is -0.376 e. The number of benzene rings is 2. The molecule has 2 aromatic rings. The second kappa shape index (κ2) is 8.15. The van der Waals surface area contributed by atoms with Gasteiger partial charge in [-0.3, -0.25) is 9.59 Å². The molecule has 2 aromatic carbocycles. The van der Waals surface area contributed by atoms with Gasteiger partial charge in [-0.2, -0.15) is 0 Å². The van der Waals surface area contributed by atoms with Gasteiger partial charge >= 0.3 is 0 Å². The third kappa shape index (κ3) is 4.84. The van der Waals surface area contributed by atoms with Crippen molar-refractivity contribution in [2.45, 2.75) is 27.2 Å². The van der Waals surface area contributed by atoms with Gasteiger partial charge in [-0.25, -0.2) is 0 Å². The van der Waals surface area contributed by atoms with Crippen LogP contribution in [0.1, 0.15) is 25.0 Å². The van der Waals surface area contributed by atoms with Crippen LogP contribution in [0.5, 0.6) is 0 Å². The zero-order valence-electron chi connectivity index (χ0n) is 14.3. The van der Waals surface area contributed by atoms with Crippen LogP contribution in [0, 0.1) is 6.92 Å². The lowest BCUT2D eigenvalue weighted by atomic mass is 10.1. The van der Waals surface area contributed by atoms with E-state index in [1.54, 1.807) is 24.3 Å². The quantitative estimate of drug-likeness (QED) is 0.760. The highest BCUT2D eigenvalue weighted by Crippen LogP contribution is 2.21. The summed E-state index contributed by atoms with van der Waals surface area (Å²) in [6.07, 6.45) is 0.907. The zero-order valence-corrected chi connectivity index (χ0v) is 14.3. The van der Waals surface area contributed by atoms with Crippen molar-refractivity contribution in [3.8, 4) is 0 Å². The van der Waals surface area contributed by atoms with Gasteiger partial charge in [0.2, 0.25) is 11.8 Å². The van der Waals surface area contributed by atoms with Crippen molar-refractivity contribution in [2.75, 3.05) is 22.5 Å². The van der Waals surface area contributed by atoms with Gasteiger partial charge < -0.3 is 16.0 Å². The van der Waals surface area contributed by atoms with Crippen LogP contribution in [0.15, 0.2) is 42.5 Å². The number of rotatable bonds is 6. The average molecular weight is 325 g/mol. The first-order valence-electron chi connectivity index (χ1n) is 7.99. The van der Waals surface area contributed by atoms with E-state index in [0.717, 1.165) is 17.7 Å². The number of carbonyl (C=O) groups excluding carboxylic acids is 2. The topological polar surface area (TPSA) is 70.2 Å². The SMILES string of the molecule is CCc1cccc(C)c1NCC(=O)Nc1cccc(NC(C)=O)c1. The number of carbonyl (C=O) groups is 2. The van der Waals surface area contributed by atoms with Gasteiger partial charge in [0.05, 0.1) is 6.54 Å². The summed E-state index contributed by atoms with van der Waals surface area (Å²) in [4.78, 5) is 23.3. The van der Waals surface area contributed by atoms with Crippen molar-refractivity contribution in [3.05, 3.63) is 53.6 Å². The van der Waals surface area contributed by atoms with E-state index in [0.29, 0.717) is 11.4 Å². The fraction of sp³-hybridized carbons (Fsp3) is 0.263. The molecule has 0 unspecified atom stereocenters. The smallest absolute Gasteiger partial charge is 0.243 e. The third-order valence-corrected chi connectivity index (χ3v) is 3.63. The molecule has 3 N–H and O–H groups in total. The van der Waals surface area contributed by atoms with E-state index in [1.807, 2.05) is 19.1 Å². The fourth-order valence-electron chi connectivity index (χ4n) is 2.53. The van der Waals surface area contributed by atoms with Crippen molar-refractivity contribution in [2.24, 2.45) is 0 Å². The Morgan fingerprint density at radius 1 is 1.00 bits per heavy atom. The van der Waals surface area contributed by atoms with Gasteiger partial charge in [-0.15, -0.1) is 0 Å². The minimum atomic E-state index is -0.146. The van der Waals surface area contributed by atoms with Crippen LogP contribution in [-0.2, 0) is 16.0 Å². The summed E-state index contributed by atoms with van der Waals surface area (Å²) in [6.45, 7) is 5.74. The normalized spacial score (nSPS) is 10.1. The van der Waals surface area contributed by atoms with Crippen LogP contribution in [0.25, 0.3) is 0 Å². The highest BCUT2D eigenvalue weighted by molar-refractivity contribution is 5.95. The lowest BCUT2D eigenvalue weighted by molar-refractivity contribution is -0.115. The number of hydrogen-bond donors (Lipinski definition) is 3. The second-order valence-corrected chi connectivity index (χ2v) is 5.63. The second-order valence-electron chi connectivity index (χ2n) is 5.63. The van der Waals surface area contributed by atoms with E-state index in [-0.39, 0.29) is 18.4 Å². The molecule has 0 heterocycles. The van der Waals surface area contributed by atoms with E-state index in [9.17, 15) is 9.59 Å². The minimum absolute atomic E-state index is 0.139. The number of hydrogen-bond acceptors (Lipinski definition) is 3. The Hall–Kier alpha value is -2.82. The zero-order chi connectivity index (χ0) is 17.5. The largest absolute Gasteiger partial charge is 0.376 e. The summed E-state index contributed by atoms with van der Waals surface area (Å²) >= 11 is 0. The molecular formula is C19H23N3O2. The lowest BCUT2D eigenvalue weighted by Crippen LogP contribution is -2.22. The monoisotopic (exact) mass is 325 g/mol. The summed E-state index contributed by atoms with van der Waals surface area (Å²) in [5, 5.41) is 8.74. The molecule has 0 aliphatic carbocycles. The Labute approximate surface area is 142 Å². The Kier molecular flexibility index (Phi) is 5.95. The molecule has 24 heavy (non-hydrogen) atoms. The van der Waals surface area contributed by atoms with Gasteiger partial charge in [0.15, 0.2) is 0 Å². The van der Waals surface area contributed by atoms with Crippen LogP contribution in [0.2, 0.25) is 0 Å². The third-order valence-electron chi connectivity index (χ3n) is 3.63. The van der Waals surface area contributed by atoms with E-state index < -0.39 is 0 Å². The Morgan fingerprint density at radius 3 is 2.33 bits per heavy atom. The van der Waals surface area contributed by atoms with Crippen molar-refractivity contribution < 1.29 is 9.59 Å². The summed E-state index contributed by atoms with van der Waals surface area (Å²) in [5.41, 5.74) is 4.63. The molecule has 0 atom stereocenters. The van der Waals surface area contributed by atoms with Crippen molar-refractivity contribution >= 4 is 28.9 Å². The van der Waals surface area contributed by atoms with Gasteiger partial charge in [-0.05, 0) is 42.7 Å². The number of para-hydroxylation sites is 1. The van der Waals surface area contributed by atoms with Gasteiger partial charge in [0.1, 0.15) is 0 Å². The lowest BCUT2D eigenvalue weighted by Gasteiger charge is -2.14. The molecular weight excluding hydrogens is 302 g/mol. The van der Waals surface area contributed by atoms with Crippen LogP contribution >= 0.6 is 0 Å². The predicted molar refractivity (Wildman–Crippen MR) is 98.4 cm³/mol. The van der Waals surface area contributed by atoms with Crippen LogP contribution in [0.3, 0.4) is 0 Å². The van der Waals surface area contributed by atoms with Crippen LogP contribution < -0.4 is 16.0 Å². The first kappa shape index (κ1) is 17.5. The molecule has 0 aliphatic rings. The van der Waals surface area contributed by atoms with E-state index in [1.165, 1.54) is 12.5 Å². The molecule has 126 valence electrons. The average Bonchev–Trinajstić information content (AvgIpc) is 2.53. The molecule has 5 nitrogen and oxygen atoms in total. The molecule has 0 saturated carbocycles. The molecule has 5 heteroatoms. The van der Waals surface area contributed by atoms with Crippen molar-refractivity contribution in [1.82, 2.24) is 0 Å². The number of amides is 2. The standard InChI is InChI=1S/C19H23N3O2/c1-4-15-8-5-7-13(2)19(15)20-12-18(24)22-17-10-6-9-16(11-17)21-14(3)23/h5-11,20H,4,12H2,1-3H3,(H,21,23)(H,22,24). The summed E-state index contributed by atoms with van der Waals surface area (Å²) in [7, 11) is 0. The molecule has 0 radical (unpaired) electrons. The van der Waals surface area contributed by atoms with E-state index in [4.69, 9.17) is 0 Å². The highest BCUT2D eigenvalue weighted by atomic mass is 16.2. The van der Waals surface area contributed by atoms with E-state index in [2.05, 4.69) is 28.9 Å². The first-order chi connectivity index (χ1) is 11.5. The van der Waals surface area contributed by atoms with Gasteiger partial charge in [0.25, 0.3) is 0 Å². The summed E-state index contributed by atoms with van der Waals surface area (Å²) in [6, 6.07) is 13.2. The number of anilines is 3. The van der Waals surface area contributed by atoms with Gasteiger partial charge in [0, 0.05) is 24.0 Å². The highest BCUT2D eigenvalue weighted by Gasteiger charge is 2.07. The predicted octanol–water partition coefficient (Wildman–Crippen LogP) is 3.57. The number of nitrogens with one attached hydrogen (secondary N) is 3. The first-order valence-corrected chi connectivity index (χ1v) is 7.99. The number of aryl methyl sites for hydroxylation is 2. The molecule has 2 amide bonds. The summed E-state index contributed by atoms with van der Waals surface area (Å²) < 4.78 is 0. The summed E-state index contributed by atoms with van der Waals surface area (Å²) in [5.74, 6) is -0.285. The van der Waals surface area contributed by atoms with Gasteiger partial charge in [-0.1, -0.05) is 31.2 Å². The fourth-order valence-corrected chi connectivity index (χ4v) is 2.53. The Bertz CT molecular complexity index is 741. The maximum absolute atomic E-state index is 12.2. The maximum atomic E-state index is 12.2. The molecule has 0 fully saturated rings. The molecule has 0 spiro atoms. The van der Waals surface area contributed by atoms with Crippen molar-refractivity contribution in [3.63, 3.8) is 0 Å². The van der Waals surface area contributed by atoms with Crippen molar-refractivity contribution in [1.29, 1.82) is 0 Å². The molecule has 0 aliphatic heterocycles. The molecule has 0 bridgehead atoms. The molecule has 0 saturated heterocycles. The Morgan fingerprint density at radius 2 is 1.67 bits per heavy atom. The molecule has 2 rings (SSSR count). The van der Waals surface area contributed by atoms with Crippen LogP contribution in [0.4, 0.5) is 17.1 Å². The van der Waals surface area contributed by atoms with E-state index >= 15 is 0 Å².